The molecule has 124 valence electrons. The molecule has 0 saturated carbocycles. The van der Waals surface area contributed by atoms with Crippen molar-refractivity contribution < 1.29 is 13.6 Å². The molecule has 0 spiro atoms. The molecule has 0 atom stereocenters. The first-order chi connectivity index (χ1) is 12.1. The third-order valence-electron chi connectivity index (χ3n) is 3.77. The van der Waals surface area contributed by atoms with Gasteiger partial charge in [-0.15, -0.1) is 11.3 Å². The van der Waals surface area contributed by atoms with Gasteiger partial charge in [0.25, 0.3) is 5.91 Å². The number of rotatable bonds is 3. The van der Waals surface area contributed by atoms with E-state index in [1.807, 2.05) is 35.8 Å². The van der Waals surface area contributed by atoms with Crippen LogP contribution < -0.4 is 5.32 Å². The maximum Gasteiger partial charge on any atom is 0.257 e. The number of carbonyl (C=O) groups excluding carboxylic acids is 1. The van der Waals surface area contributed by atoms with Crippen molar-refractivity contribution in [1.29, 1.82) is 0 Å². The molecule has 4 aromatic rings. The average molecular weight is 355 g/mol. The van der Waals surface area contributed by atoms with Crippen molar-refractivity contribution in [3.05, 3.63) is 71.2 Å². The molecule has 25 heavy (non-hydrogen) atoms. The van der Waals surface area contributed by atoms with Crippen molar-refractivity contribution in [1.82, 2.24) is 9.97 Å². The lowest BCUT2D eigenvalue weighted by Crippen LogP contribution is -2.12. The van der Waals surface area contributed by atoms with Gasteiger partial charge in [0, 0.05) is 33.6 Å². The van der Waals surface area contributed by atoms with E-state index in [2.05, 4.69) is 15.3 Å². The highest BCUT2D eigenvalue weighted by Crippen LogP contribution is 2.31. The first-order valence-electron chi connectivity index (χ1n) is 7.40. The highest BCUT2D eigenvalue weighted by atomic mass is 32.1. The van der Waals surface area contributed by atoms with Crippen LogP contribution in [0.25, 0.3) is 22.2 Å². The molecule has 0 aliphatic rings. The Kier molecular flexibility index (Phi) is 3.77. The number of nitrogens with zero attached hydrogens (tertiary/aromatic N) is 1. The first kappa shape index (κ1) is 15.5. The first-order valence-corrected chi connectivity index (χ1v) is 8.28. The Hall–Kier alpha value is -3.06. The molecule has 4 rings (SSSR count). The van der Waals surface area contributed by atoms with E-state index < -0.39 is 17.5 Å². The Morgan fingerprint density at radius 1 is 1.12 bits per heavy atom. The van der Waals surface area contributed by atoms with Crippen LogP contribution in [-0.2, 0) is 0 Å². The van der Waals surface area contributed by atoms with E-state index in [9.17, 15) is 13.6 Å². The van der Waals surface area contributed by atoms with Crippen LogP contribution in [0.4, 0.5) is 13.9 Å². The highest BCUT2D eigenvalue weighted by molar-refractivity contribution is 7.14. The second-order valence-electron chi connectivity index (χ2n) is 5.37. The Morgan fingerprint density at radius 2 is 1.96 bits per heavy atom. The zero-order valence-electron chi connectivity index (χ0n) is 12.7. The number of H-pyrrole nitrogens is 1. The van der Waals surface area contributed by atoms with Crippen molar-refractivity contribution in [2.75, 3.05) is 5.32 Å². The second-order valence-corrected chi connectivity index (χ2v) is 6.23. The normalized spacial score (nSPS) is 11.0. The quantitative estimate of drug-likeness (QED) is 0.553. The average Bonchev–Trinajstić information content (AvgIpc) is 3.23. The van der Waals surface area contributed by atoms with Crippen LogP contribution >= 0.6 is 11.3 Å². The lowest BCUT2D eigenvalue weighted by molar-refractivity contribution is 0.102. The minimum absolute atomic E-state index is 0.0303. The number of amides is 1. The van der Waals surface area contributed by atoms with E-state index in [0.717, 1.165) is 34.3 Å². The van der Waals surface area contributed by atoms with Gasteiger partial charge in [0.1, 0.15) is 0 Å². The molecule has 0 bridgehead atoms. The Bertz CT molecular complexity index is 1090. The fourth-order valence-corrected chi connectivity index (χ4v) is 3.25. The van der Waals surface area contributed by atoms with Gasteiger partial charge in [0.2, 0.25) is 0 Å². The zero-order chi connectivity index (χ0) is 17.4. The number of hydrogen-bond donors (Lipinski definition) is 2. The van der Waals surface area contributed by atoms with Gasteiger partial charge in [-0.2, -0.15) is 0 Å². The predicted molar refractivity (Wildman–Crippen MR) is 93.7 cm³/mol. The van der Waals surface area contributed by atoms with E-state index in [0.29, 0.717) is 5.13 Å². The fraction of sp³-hybridized carbons (Fsp3) is 0. The molecule has 0 aliphatic carbocycles. The largest absolute Gasteiger partial charge is 0.360 e. The summed E-state index contributed by atoms with van der Waals surface area (Å²) in [6.07, 6.45) is 1.86. The van der Waals surface area contributed by atoms with Crippen molar-refractivity contribution in [3.8, 4) is 11.3 Å². The van der Waals surface area contributed by atoms with Gasteiger partial charge in [0.15, 0.2) is 16.8 Å². The predicted octanol–water partition coefficient (Wildman–Crippen LogP) is 4.82. The van der Waals surface area contributed by atoms with Gasteiger partial charge in [-0.1, -0.05) is 18.2 Å². The highest BCUT2D eigenvalue weighted by Gasteiger charge is 2.14. The van der Waals surface area contributed by atoms with Crippen molar-refractivity contribution >= 4 is 33.3 Å². The summed E-state index contributed by atoms with van der Waals surface area (Å²) >= 11 is 1.26. The number of carbonyl (C=O) groups is 1. The number of hydrogen-bond acceptors (Lipinski definition) is 3. The van der Waals surface area contributed by atoms with Crippen LogP contribution in [0.15, 0.2) is 54.0 Å². The van der Waals surface area contributed by atoms with E-state index in [4.69, 9.17) is 0 Å². The molecule has 7 heteroatoms. The summed E-state index contributed by atoms with van der Waals surface area (Å²) in [5.74, 6) is -2.60. The summed E-state index contributed by atoms with van der Waals surface area (Å²) in [5, 5.41) is 5.85. The fourth-order valence-electron chi connectivity index (χ4n) is 2.54. The number of halogens is 2. The molecule has 1 amide bonds. The van der Waals surface area contributed by atoms with Gasteiger partial charge in [-0.3, -0.25) is 10.1 Å². The topological polar surface area (TPSA) is 57.8 Å². The molecule has 4 nitrogen and oxygen atoms in total. The Morgan fingerprint density at radius 3 is 2.80 bits per heavy atom. The van der Waals surface area contributed by atoms with Crippen LogP contribution in [0.3, 0.4) is 0 Å². The van der Waals surface area contributed by atoms with E-state index in [1.165, 1.54) is 17.4 Å². The molecule has 2 aromatic heterocycles. The SMILES string of the molecule is O=C(Nc1nc(-c2c[nH]c3ccccc23)cs1)c1ccc(F)c(F)c1. The van der Waals surface area contributed by atoms with E-state index >= 15 is 0 Å². The molecule has 2 N–H and O–H groups in total. The van der Waals surface area contributed by atoms with Gasteiger partial charge in [-0.25, -0.2) is 13.8 Å². The zero-order valence-corrected chi connectivity index (χ0v) is 13.5. The molecule has 0 fully saturated rings. The maximum absolute atomic E-state index is 13.2. The van der Waals surface area contributed by atoms with Crippen LogP contribution in [0, 0.1) is 11.6 Å². The molecular formula is C18H11F2N3OS. The molecule has 0 unspecified atom stereocenters. The molecule has 2 heterocycles. The number of aromatic nitrogens is 2. The monoisotopic (exact) mass is 355 g/mol. The summed E-state index contributed by atoms with van der Waals surface area (Å²) in [7, 11) is 0. The lowest BCUT2D eigenvalue weighted by atomic mass is 10.1. The number of fused-ring (bicyclic) bond motifs is 1. The molecule has 2 aromatic carbocycles. The van der Waals surface area contributed by atoms with E-state index in [1.54, 1.807) is 0 Å². The number of benzene rings is 2. The number of aromatic amines is 1. The van der Waals surface area contributed by atoms with Gasteiger partial charge in [-0.05, 0) is 24.3 Å². The third-order valence-corrected chi connectivity index (χ3v) is 4.53. The van der Waals surface area contributed by atoms with Crippen LogP contribution in [0.2, 0.25) is 0 Å². The van der Waals surface area contributed by atoms with Gasteiger partial charge in [0.05, 0.1) is 5.69 Å². The maximum atomic E-state index is 13.2. The van der Waals surface area contributed by atoms with Gasteiger partial charge < -0.3 is 4.98 Å². The summed E-state index contributed by atoms with van der Waals surface area (Å²) < 4.78 is 26.2. The summed E-state index contributed by atoms with van der Waals surface area (Å²) in [4.78, 5) is 19.7. The second kappa shape index (κ2) is 6.10. The lowest BCUT2D eigenvalue weighted by Gasteiger charge is -2.02. The van der Waals surface area contributed by atoms with Crippen molar-refractivity contribution in [2.24, 2.45) is 0 Å². The number of anilines is 1. The van der Waals surface area contributed by atoms with Crippen molar-refractivity contribution in [2.45, 2.75) is 0 Å². The van der Waals surface area contributed by atoms with Crippen LogP contribution in [-0.4, -0.2) is 15.9 Å². The molecule has 0 aliphatic heterocycles. The summed E-state index contributed by atoms with van der Waals surface area (Å²) in [6.45, 7) is 0. The Labute approximate surface area is 145 Å². The third kappa shape index (κ3) is 2.89. The van der Waals surface area contributed by atoms with E-state index in [-0.39, 0.29) is 5.56 Å². The Balaban J connectivity index is 1.59. The summed E-state index contributed by atoms with van der Waals surface area (Å²) in [6, 6.07) is 10.8. The summed E-state index contributed by atoms with van der Waals surface area (Å²) in [5.41, 5.74) is 2.68. The molecule has 0 saturated heterocycles. The minimum Gasteiger partial charge on any atom is -0.360 e. The van der Waals surface area contributed by atoms with Crippen molar-refractivity contribution in [3.63, 3.8) is 0 Å². The number of para-hydroxylation sites is 1. The van der Waals surface area contributed by atoms with Gasteiger partial charge >= 0.3 is 0 Å². The minimum atomic E-state index is -1.06. The molecular weight excluding hydrogens is 344 g/mol. The number of thiazole rings is 1. The standard InChI is InChI=1S/C18H11F2N3OS/c19-13-6-5-10(7-14(13)20)17(24)23-18-22-16(9-25-18)12-8-21-15-4-2-1-3-11(12)15/h1-9,21H,(H,22,23,24). The number of nitrogens with one attached hydrogen (secondary N) is 2. The smallest absolute Gasteiger partial charge is 0.257 e. The van der Waals surface area contributed by atoms with Crippen LogP contribution in [0.5, 0.6) is 0 Å². The van der Waals surface area contributed by atoms with Crippen LogP contribution in [0.1, 0.15) is 10.4 Å². The molecule has 0 radical (unpaired) electrons.